The number of hydrogen-bond donors (Lipinski definition) is 2. The minimum Gasteiger partial charge on any atom is -0.478 e. The molecule has 7 heteroatoms. The van der Waals surface area contributed by atoms with Crippen molar-refractivity contribution >= 4 is 28.8 Å². The van der Waals surface area contributed by atoms with Gasteiger partial charge in [-0.1, -0.05) is 12.1 Å². The molecule has 0 radical (unpaired) electrons. The van der Waals surface area contributed by atoms with Crippen molar-refractivity contribution in [3.05, 3.63) is 39.6 Å². The Hall–Kier alpha value is -2.70. The van der Waals surface area contributed by atoms with Crippen molar-refractivity contribution in [2.45, 2.75) is 0 Å². The zero-order chi connectivity index (χ0) is 12.6. The lowest BCUT2D eigenvalue weighted by Gasteiger charge is -1.94. The number of nitro benzene ring substituents is 1. The van der Waals surface area contributed by atoms with Crippen LogP contribution >= 0.6 is 0 Å². The van der Waals surface area contributed by atoms with Gasteiger partial charge >= 0.3 is 5.97 Å². The van der Waals surface area contributed by atoms with Crippen LogP contribution in [0, 0.1) is 10.1 Å². The topological polar surface area (TPSA) is 113 Å². The molecule has 0 amide bonds. The van der Waals surface area contributed by atoms with Crippen LogP contribution in [0.5, 0.6) is 0 Å². The number of nitrogens with zero attached hydrogens (tertiary/aromatic N) is 1. The Morgan fingerprint density at radius 3 is 2.71 bits per heavy atom. The first kappa shape index (κ1) is 10.8. The molecule has 2 N–H and O–H groups in total. The van der Waals surface area contributed by atoms with E-state index in [1.165, 1.54) is 18.2 Å². The highest BCUT2D eigenvalue weighted by molar-refractivity contribution is 6.11. The number of carbonyl (C=O) groups is 2. The number of hydrogen-bond acceptors (Lipinski definition) is 4. The van der Waals surface area contributed by atoms with Crippen LogP contribution in [0.15, 0.2) is 18.2 Å². The molecule has 0 aliphatic rings. The number of H-pyrrole nitrogens is 1. The summed E-state index contributed by atoms with van der Waals surface area (Å²) in [7, 11) is 0. The number of nitro groups is 1. The first-order chi connectivity index (χ1) is 8.06. The average Bonchev–Trinajstić information content (AvgIpc) is 2.66. The molecule has 1 aromatic heterocycles. The molecule has 1 heterocycles. The van der Waals surface area contributed by atoms with Crippen molar-refractivity contribution in [2.24, 2.45) is 0 Å². The van der Waals surface area contributed by atoms with Crippen LogP contribution in [-0.2, 0) is 0 Å². The average molecular weight is 234 g/mol. The van der Waals surface area contributed by atoms with Gasteiger partial charge in [0.2, 0.25) is 0 Å². The van der Waals surface area contributed by atoms with Gasteiger partial charge in [0, 0.05) is 11.5 Å². The molecule has 86 valence electrons. The Bertz CT molecular complexity index is 643. The van der Waals surface area contributed by atoms with E-state index in [-0.39, 0.29) is 27.8 Å². The van der Waals surface area contributed by atoms with Crippen molar-refractivity contribution in [1.82, 2.24) is 4.98 Å². The third-order valence-corrected chi connectivity index (χ3v) is 2.37. The van der Waals surface area contributed by atoms with E-state index in [4.69, 9.17) is 5.11 Å². The summed E-state index contributed by atoms with van der Waals surface area (Å²) < 4.78 is 0. The van der Waals surface area contributed by atoms with Crippen molar-refractivity contribution in [3.8, 4) is 0 Å². The third-order valence-electron chi connectivity index (χ3n) is 2.37. The van der Waals surface area contributed by atoms with E-state index in [1.807, 2.05) is 0 Å². The van der Waals surface area contributed by atoms with E-state index in [1.54, 1.807) is 0 Å². The molecular formula is C10H6N2O5. The molecule has 2 aromatic rings. The zero-order valence-electron chi connectivity index (χ0n) is 8.34. The largest absolute Gasteiger partial charge is 0.478 e. The standard InChI is InChI=1S/C10H6N2O5/c13-4-6-8(10(14)15)5-2-1-3-7(12(16)17)9(5)11-6/h1-4,11H,(H,14,15). The summed E-state index contributed by atoms with van der Waals surface area (Å²) in [4.78, 5) is 34.3. The van der Waals surface area contributed by atoms with Crippen LogP contribution in [0.3, 0.4) is 0 Å². The number of aromatic carboxylic acids is 1. The SMILES string of the molecule is O=Cc1[nH]c2c([N+](=O)[O-])cccc2c1C(=O)O. The Labute approximate surface area is 93.8 Å². The number of fused-ring (bicyclic) bond motifs is 1. The van der Waals surface area contributed by atoms with Crippen LogP contribution in [-0.4, -0.2) is 27.3 Å². The lowest BCUT2D eigenvalue weighted by molar-refractivity contribution is -0.383. The van der Waals surface area contributed by atoms with Gasteiger partial charge in [-0.25, -0.2) is 4.79 Å². The molecule has 1 aromatic carbocycles. The number of rotatable bonds is 3. The lowest BCUT2D eigenvalue weighted by atomic mass is 10.1. The highest BCUT2D eigenvalue weighted by Crippen LogP contribution is 2.28. The Morgan fingerprint density at radius 1 is 1.47 bits per heavy atom. The minimum atomic E-state index is -1.31. The summed E-state index contributed by atoms with van der Waals surface area (Å²) in [5.74, 6) is -1.31. The smallest absolute Gasteiger partial charge is 0.338 e. The number of carboxylic acid groups (broad SMARTS) is 1. The number of benzene rings is 1. The summed E-state index contributed by atoms with van der Waals surface area (Å²) in [5, 5.41) is 19.9. The summed E-state index contributed by atoms with van der Waals surface area (Å²) in [6.07, 6.45) is 0.327. The molecule has 7 nitrogen and oxygen atoms in total. The number of carboxylic acids is 1. The van der Waals surface area contributed by atoms with E-state index < -0.39 is 10.9 Å². The molecule has 0 aliphatic carbocycles. The van der Waals surface area contributed by atoms with E-state index in [0.717, 1.165) is 0 Å². The third kappa shape index (κ3) is 1.53. The number of para-hydroxylation sites is 1. The van der Waals surface area contributed by atoms with Gasteiger partial charge in [0.1, 0.15) is 5.52 Å². The normalized spacial score (nSPS) is 10.4. The second-order valence-corrected chi connectivity index (χ2v) is 3.29. The molecule has 0 saturated carbocycles. The van der Waals surface area contributed by atoms with Crippen LogP contribution in [0.25, 0.3) is 10.9 Å². The van der Waals surface area contributed by atoms with Crippen LogP contribution in [0.1, 0.15) is 20.8 Å². The van der Waals surface area contributed by atoms with Gasteiger partial charge in [-0.2, -0.15) is 0 Å². The van der Waals surface area contributed by atoms with Crippen molar-refractivity contribution in [3.63, 3.8) is 0 Å². The van der Waals surface area contributed by atoms with Gasteiger partial charge in [-0.05, 0) is 0 Å². The van der Waals surface area contributed by atoms with Gasteiger partial charge in [0.25, 0.3) is 5.69 Å². The zero-order valence-corrected chi connectivity index (χ0v) is 8.34. The summed E-state index contributed by atoms with van der Waals surface area (Å²) in [6, 6.07) is 4.02. The number of aldehydes is 1. The molecule has 0 bridgehead atoms. The number of non-ortho nitro benzene ring substituents is 1. The van der Waals surface area contributed by atoms with Gasteiger partial charge < -0.3 is 10.1 Å². The summed E-state index contributed by atoms with van der Waals surface area (Å²) in [6.45, 7) is 0. The second kappa shape index (κ2) is 3.71. The second-order valence-electron chi connectivity index (χ2n) is 3.29. The van der Waals surface area contributed by atoms with Gasteiger partial charge in [-0.3, -0.25) is 14.9 Å². The van der Waals surface area contributed by atoms with E-state index in [9.17, 15) is 19.7 Å². The monoisotopic (exact) mass is 234 g/mol. The summed E-state index contributed by atoms with van der Waals surface area (Å²) >= 11 is 0. The van der Waals surface area contributed by atoms with Crippen molar-refractivity contribution < 1.29 is 19.6 Å². The van der Waals surface area contributed by atoms with Crippen LogP contribution in [0.2, 0.25) is 0 Å². The predicted octanol–water partition coefficient (Wildman–Crippen LogP) is 1.59. The van der Waals surface area contributed by atoms with E-state index in [2.05, 4.69) is 4.98 Å². The highest BCUT2D eigenvalue weighted by Gasteiger charge is 2.22. The fraction of sp³-hybridized carbons (Fsp3) is 0. The molecule has 0 spiro atoms. The maximum atomic E-state index is 11.0. The maximum Gasteiger partial charge on any atom is 0.338 e. The van der Waals surface area contributed by atoms with Gasteiger partial charge in [0.15, 0.2) is 6.29 Å². The molecule has 0 saturated heterocycles. The molecule has 0 atom stereocenters. The number of carbonyl (C=O) groups excluding carboxylic acids is 1. The lowest BCUT2D eigenvalue weighted by Crippen LogP contribution is -1.99. The molecule has 0 fully saturated rings. The summed E-state index contributed by atoms with van der Waals surface area (Å²) in [5.41, 5.74) is -0.657. The first-order valence-corrected chi connectivity index (χ1v) is 4.53. The number of aromatic amines is 1. The predicted molar refractivity (Wildman–Crippen MR) is 57.3 cm³/mol. The van der Waals surface area contributed by atoms with Crippen LogP contribution in [0.4, 0.5) is 5.69 Å². The molecular weight excluding hydrogens is 228 g/mol. The Morgan fingerprint density at radius 2 is 2.18 bits per heavy atom. The van der Waals surface area contributed by atoms with Crippen LogP contribution < -0.4 is 0 Å². The van der Waals surface area contributed by atoms with Gasteiger partial charge in [-0.15, -0.1) is 0 Å². The van der Waals surface area contributed by atoms with Crippen molar-refractivity contribution in [1.29, 1.82) is 0 Å². The Kier molecular flexibility index (Phi) is 2.36. The maximum absolute atomic E-state index is 11.0. The highest BCUT2D eigenvalue weighted by atomic mass is 16.6. The van der Waals surface area contributed by atoms with E-state index >= 15 is 0 Å². The molecule has 0 unspecified atom stereocenters. The molecule has 2 rings (SSSR count). The Balaban J connectivity index is 2.91. The molecule has 0 aliphatic heterocycles. The van der Waals surface area contributed by atoms with Crippen molar-refractivity contribution in [2.75, 3.05) is 0 Å². The quantitative estimate of drug-likeness (QED) is 0.475. The fourth-order valence-corrected chi connectivity index (χ4v) is 1.69. The number of aromatic nitrogens is 1. The first-order valence-electron chi connectivity index (χ1n) is 4.53. The minimum absolute atomic E-state index is 0.0389. The van der Waals surface area contributed by atoms with E-state index in [0.29, 0.717) is 6.29 Å². The molecule has 17 heavy (non-hydrogen) atoms. The van der Waals surface area contributed by atoms with Gasteiger partial charge in [0.05, 0.1) is 16.2 Å². The number of nitrogens with one attached hydrogen (secondary N) is 1. The fourth-order valence-electron chi connectivity index (χ4n) is 1.69.